The van der Waals surface area contributed by atoms with Crippen LogP contribution in [0.4, 0.5) is 0 Å². The molecular formula is C12H19N3O3. The van der Waals surface area contributed by atoms with Gasteiger partial charge in [-0.1, -0.05) is 0 Å². The number of likely N-dealkylation sites (tertiary alicyclic amines) is 1. The molecule has 0 unspecified atom stereocenters. The number of carbonyl (C=O) groups is 2. The Morgan fingerprint density at radius 3 is 2.56 bits per heavy atom. The smallest absolute Gasteiger partial charge is 0.309 e. The van der Waals surface area contributed by atoms with E-state index in [1.807, 2.05) is 11.0 Å². The summed E-state index contributed by atoms with van der Waals surface area (Å²) in [5.74, 6) is -0.871. The minimum atomic E-state index is -0.763. The van der Waals surface area contributed by atoms with Crippen molar-refractivity contribution in [1.29, 1.82) is 5.26 Å². The first-order valence-electron chi connectivity index (χ1n) is 6.07. The molecule has 1 aliphatic heterocycles. The van der Waals surface area contributed by atoms with E-state index in [2.05, 4.69) is 5.32 Å². The summed E-state index contributed by atoms with van der Waals surface area (Å²) >= 11 is 0. The molecule has 0 spiro atoms. The van der Waals surface area contributed by atoms with E-state index in [9.17, 15) is 9.59 Å². The van der Waals surface area contributed by atoms with Gasteiger partial charge in [0.15, 0.2) is 0 Å². The third-order valence-corrected chi connectivity index (χ3v) is 3.40. The van der Waals surface area contributed by atoms with Crippen molar-refractivity contribution in [3.05, 3.63) is 0 Å². The van der Waals surface area contributed by atoms with Gasteiger partial charge in [0.2, 0.25) is 5.91 Å². The number of nitrogens with one attached hydrogen (secondary N) is 1. The van der Waals surface area contributed by atoms with Crippen LogP contribution in [0, 0.1) is 16.7 Å². The summed E-state index contributed by atoms with van der Waals surface area (Å²) in [4.78, 5) is 24.5. The molecule has 0 aromatic heterocycles. The molecule has 0 aromatic carbocycles. The first-order valence-corrected chi connectivity index (χ1v) is 6.07. The fourth-order valence-electron chi connectivity index (χ4n) is 1.94. The van der Waals surface area contributed by atoms with Crippen molar-refractivity contribution >= 4 is 11.9 Å². The molecule has 0 aliphatic carbocycles. The molecular weight excluding hydrogens is 234 g/mol. The van der Waals surface area contributed by atoms with Crippen molar-refractivity contribution < 1.29 is 14.7 Å². The number of carbonyl (C=O) groups excluding carboxylic acids is 1. The average Bonchev–Trinajstić information content (AvgIpc) is 2.32. The number of carboxylic acids is 1. The molecule has 6 nitrogen and oxygen atoms in total. The number of aliphatic carboxylic acids is 1. The lowest BCUT2D eigenvalue weighted by Gasteiger charge is -2.35. The van der Waals surface area contributed by atoms with E-state index in [0.717, 1.165) is 0 Å². The first-order chi connectivity index (χ1) is 8.48. The minimum absolute atomic E-state index is 0.107. The van der Waals surface area contributed by atoms with Crippen LogP contribution in [0.1, 0.15) is 26.2 Å². The lowest BCUT2D eigenvalue weighted by molar-refractivity contribution is -0.150. The van der Waals surface area contributed by atoms with Gasteiger partial charge in [-0.05, 0) is 32.9 Å². The molecule has 6 heteroatoms. The number of rotatable bonds is 5. The fraction of sp³-hybridized carbons (Fsp3) is 0.750. The maximum absolute atomic E-state index is 11.5. The molecule has 0 bridgehead atoms. The Bertz CT molecular complexity index is 354. The normalized spacial score (nSPS) is 18.9. The van der Waals surface area contributed by atoms with Gasteiger partial charge in [0.05, 0.1) is 24.4 Å². The highest BCUT2D eigenvalue weighted by atomic mass is 16.4. The second kappa shape index (κ2) is 6.36. The van der Waals surface area contributed by atoms with Crippen molar-refractivity contribution in [1.82, 2.24) is 10.2 Å². The fourth-order valence-corrected chi connectivity index (χ4v) is 1.94. The van der Waals surface area contributed by atoms with E-state index in [-0.39, 0.29) is 12.5 Å². The highest BCUT2D eigenvalue weighted by Gasteiger charge is 2.36. The number of nitrogens with zero attached hydrogens (tertiary/aromatic N) is 2. The van der Waals surface area contributed by atoms with Crippen LogP contribution in [0.3, 0.4) is 0 Å². The van der Waals surface area contributed by atoms with Crippen LogP contribution in [0.5, 0.6) is 0 Å². The summed E-state index contributed by atoms with van der Waals surface area (Å²) in [5.41, 5.74) is -0.659. The monoisotopic (exact) mass is 253 g/mol. The van der Waals surface area contributed by atoms with Crippen molar-refractivity contribution in [3.63, 3.8) is 0 Å². The van der Waals surface area contributed by atoms with Gasteiger partial charge in [0.1, 0.15) is 0 Å². The molecule has 1 rings (SSSR count). The van der Waals surface area contributed by atoms with Crippen molar-refractivity contribution in [2.45, 2.75) is 26.2 Å². The molecule has 0 saturated carbocycles. The zero-order valence-electron chi connectivity index (χ0n) is 10.6. The SMILES string of the molecule is CC1(C(=O)O)CCN(CC(=O)NCCC#N)CC1. The Hall–Kier alpha value is -1.61. The predicted molar refractivity (Wildman–Crippen MR) is 64.7 cm³/mol. The van der Waals surface area contributed by atoms with Crippen LogP contribution < -0.4 is 5.32 Å². The Balaban J connectivity index is 2.29. The number of nitriles is 1. The molecule has 2 N–H and O–H groups in total. The first kappa shape index (κ1) is 14.5. The Morgan fingerprint density at radius 1 is 1.44 bits per heavy atom. The molecule has 0 radical (unpaired) electrons. The van der Waals surface area contributed by atoms with Crippen LogP contribution >= 0.6 is 0 Å². The summed E-state index contributed by atoms with van der Waals surface area (Å²) < 4.78 is 0. The number of piperidine rings is 1. The third-order valence-electron chi connectivity index (χ3n) is 3.40. The zero-order chi connectivity index (χ0) is 13.6. The quantitative estimate of drug-likeness (QED) is 0.683. The average molecular weight is 253 g/mol. The molecule has 0 atom stereocenters. The van der Waals surface area contributed by atoms with Crippen LogP contribution in [-0.2, 0) is 9.59 Å². The Kier molecular flexibility index (Phi) is 5.10. The van der Waals surface area contributed by atoms with E-state index in [1.54, 1.807) is 6.92 Å². The molecule has 100 valence electrons. The van der Waals surface area contributed by atoms with Crippen molar-refractivity contribution in [2.24, 2.45) is 5.41 Å². The molecule has 1 aliphatic rings. The molecule has 1 amide bonds. The van der Waals surface area contributed by atoms with Gasteiger partial charge in [-0.25, -0.2) is 0 Å². The maximum Gasteiger partial charge on any atom is 0.309 e. The van der Waals surface area contributed by atoms with E-state index in [4.69, 9.17) is 10.4 Å². The second-order valence-electron chi connectivity index (χ2n) is 4.90. The number of carboxylic acid groups (broad SMARTS) is 1. The van der Waals surface area contributed by atoms with Crippen LogP contribution in [0.2, 0.25) is 0 Å². The summed E-state index contributed by atoms with van der Waals surface area (Å²) in [5, 5.41) is 20.1. The number of hydrogen-bond acceptors (Lipinski definition) is 4. The Labute approximate surface area is 107 Å². The third kappa shape index (κ3) is 4.00. The van der Waals surface area contributed by atoms with Crippen molar-refractivity contribution in [2.75, 3.05) is 26.2 Å². The lowest BCUT2D eigenvalue weighted by atomic mass is 9.80. The van der Waals surface area contributed by atoms with Crippen LogP contribution in [-0.4, -0.2) is 48.1 Å². The summed E-state index contributed by atoms with van der Waals surface area (Å²) in [6.45, 7) is 3.64. The second-order valence-corrected chi connectivity index (χ2v) is 4.90. The van der Waals surface area contributed by atoms with Gasteiger partial charge in [-0.2, -0.15) is 5.26 Å². The van der Waals surface area contributed by atoms with E-state index in [1.165, 1.54) is 0 Å². The Morgan fingerprint density at radius 2 is 2.06 bits per heavy atom. The lowest BCUT2D eigenvalue weighted by Crippen LogP contribution is -2.46. The largest absolute Gasteiger partial charge is 0.481 e. The predicted octanol–water partition coefficient (Wildman–Crippen LogP) is 0.203. The van der Waals surface area contributed by atoms with Gasteiger partial charge in [0, 0.05) is 6.54 Å². The summed E-state index contributed by atoms with van der Waals surface area (Å²) in [6, 6.07) is 1.96. The standard InChI is InChI=1S/C12H19N3O3/c1-12(11(17)18)3-7-15(8-4-12)9-10(16)14-6-2-5-13/h2-4,6-9H2,1H3,(H,14,16)(H,17,18). The topological polar surface area (TPSA) is 93.4 Å². The number of amides is 1. The van der Waals surface area contributed by atoms with Crippen LogP contribution in [0.15, 0.2) is 0 Å². The van der Waals surface area contributed by atoms with Gasteiger partial charge in [-0.3, -0.25) is 14.5 Å². The van der Waals surface area contributed by atoms with E-state index >= 15 is 0 Å². The summed E-state index contributed by atoms with van der Waals surface area (Å²) in [6.07, 6.45) is 1.43. The zero-order valence-corrected chi connectivity index (χ0v) is 10.6. The van der Waals surface area contributed by atoms with Gasteiger partial charge < -0.3 is 10.4 Å². The molecule has 1 saturated heterocycles. The van der Waals surface area contributed by atoms with Crippen molar-refractivity contribution in [3.8, 4) is 6.07 Å². The minimum Gasteiger partial charge on any atom is -0.481 e. The van der Waals surface area contributed by atoms with E-state index in [0.29, 0.717) is 38.9 Å². The van der Waals surface area contributed by atoms with Crippen LogP contribution in [0.25, 0.3) is 0 Å². The highest BCUT2D eigenvalue weighted by molar-refractivity contribution is 5.78. The molecule has 1 fully saturated rings. The molecule has 0 aromatic rings. The highest BCUT2D eigenvalue weighted by Crippen LogP contribution is 2.30. The molecule has 18 heavy (non-hydrogen) atoms. The van der Waals surface area contributed by atoms with Gasteiger partial charge >= 0.3 is 5.97 Å². The van der Waals surface area contributed by atoms with Gasteiger partial charge in [0.25, 0.3) is 0 Å². The maximum atomic E-state index is 11.5. The molecule has 1 heterocycles. The van der Waals surface area contributed by atoms with E-state index < -0.39 is 11.4 Å². The number of hydrogen-bond donors (Lipinski definition) is 2. The summed E-state index contributed by atoms with van der Waals surface area (Å²) in [7, 11) is 0. The van der Waals surface area contributed by atoms with Gasteiger partial charge in [-0.15, -0.1) is 0 Å².